The Labute approximate surface area is 138 Å². The van der Waals surface area contributed by atoms with Crippen LogP contribution in [0.25, 0.3) is 0 Å². The Morgan fingerprint density at radius 2 is 1.39 bits per heavy atom. The molecular weight excluding hydrogens is 282 g/mol. The van der Waals surface area contributed by atoms with E-state index in [-0.39, 0.29) is 11.8 Å². The van der Waals surface area contributed by atoms with Crippen LogP contribution in [0, 0.1) is 5.92 Å². The maximum atomic E-state index is 12.9. The number of nitrogens with zero attached hydrogens (tertiary/aromatic N) is 1. The Balaban J connectivity index is 1.68. The first-order valence-corrected chi connectivity index (χ1v) is 8.79. The highest BCUT2D eigenvalue weighted by Crippen LogP contribution is 2.46. The number of hydrogen-bond donors (Lipinski definition) is 0. The van der Waals surface area contributed by atoms with Gasteiger partial charge in [0.25, 0.3) is 0 Å². The summed E-state index contributed by atoms with van der Waals surface area (Å²) in [6.07, 6.45) is 6.47. The van der Waals surface area contributed by atoms with Crippen molar-refractivity contribution in [3.05, 3.63) is 66.2 Å². The van der Waals surface area contributed by atoms with E-state index >= 15 is 0 Å². The summed E-state index contributed by atoms with van der Waals surface area (Å²) in [6.45, 7) is 0. The van der Waals surface area contributed by atoms with Gasteiger partial charge in [-0.1, -0.05) is 67.8 Å². The molecule has 0 radical (unpaired) electrons. The molecule has 1 aliphatic carbocycles. The molecule has 118 valence electrons. The van der Waals surface area contributed by atoms with Crippen LogP contribution in [-0.2, 0) is 4.79 Å². The first-order valence-electron chi connectivity index (χ1n) is 8.79. The van der Waals surface area contributed by atoms with Crippen molar-refractivity contribution in [1.82, 2.24) is 0 Å². The van der Waals surface area contributed by atoms with E-state index in [1.807, 2.05) is 36.4 Å². The minimum atomic E-state index is 0.0412. The topological polar surface area (TPSA) is 20.3 Å². The number of hydrogen-bond acceptors (Lipinski definition) is 1. The van der Waals surface area contributed by atoms with E-state index in [0.717, 1.165) is 5.69 Å². The van der Waals surface area contributed by atoms with Gasteiger partial charge in [0.2, 0.25) is 5.91 Å². The molecule has 0 bridgehead atoms. The van der Waals surface area contributed by atoms with Gasteiger partial charge in [0.1, 0.15) is 0 Å². The van der Waals surface area contributed by atoms with E-state index in [2.05, 4.69) is 29.2 Å². The summed E-state index contributed by atoms with van der Waals surface area (Å²) in [5.74, 6) is 0.935. The van der Waals surface area contributed by atoms with Crippen molar-refractivity contribution in [3.63, 3.8) is 0 Å². The molecule has 1 saturated carbocycles. The van der Waals surface area contributed by atoms with Gasteiger partial charge in [-0.25, -0.2) is 0 Å². The quantitative estimate of drug-likeness (QED) is 0.748. The Morgan fingerprint density at radius 3 is 2.04 bits per heavy atom. The molecule has 1 heterocycles. The van der Waals surface area contributed by atoms with Crippen molar-refractivity contribution in [2.75, 3.05) is 4.90 Å². The van der Waals surface area contributed by atoms with Gasteiger partial charge in [0.15, 0.2) is 0 Å². The Bertz CT molecular complexity index is 611. The standard InChI is InChI=1S/C21H23NO/c23-21-19(16-10-4-1-5-11-16)20(17-12-6-2-7-13-17)22(21)18-14-8-3-9-15-18/h1,3-5,8-11,14-15,17,19-20H,2,6-7,12-13H2/t19-,20+/m1/s1. The number of carbonyl (C=O) groups excluding carboxylic acids is 1. The van der Waals surface area contributed by atoms with E-state index in [9.17, 15) is 4.79 Å². The molecule has 1 saturated heterocycles. The highest BCUT2D eigenvalue weighted by molar-refractivity contribution is 6.06. The molecule has 1 amide bonds. The van der Waals surface area contributed by atoms with Gasteiger partial charge in [-0.05, 0) is 36.5 Å². The van der Waals surface area contributed by atoms with E-state index in [1.54, 1.807) is 0 Å². The van der Waals surface area contributed by atoms with Crippen molar-refractivity contribution >= 4 is 11.6 Å². The van der Waals surface area contributed by atoms with Crippen LogP contribution in [0.4, 0.5) is 5.69 Å². The van der Waals surface area contributed by atoms with E-state index < -0.39 is 0 Å². The first-order chi connectivity index (χ1) is 11.4. The van der Waals surface area contributed by atoms with Crippen LogP contribution in [0.3, 0.4) is 0 Å². The fourth-order valence-electron chi connectivity index (χ4n) is 4.36. The van der Waals surface area contributed by atoms with Crippen molar-refractivity contribution in [2.24, 2.45) is 5.92 Å². The minimum absolute atomic E-state index is 0.0412. The molecule has 0 aromatic heterocycles. The molecule has 2 nitrogen and oxygen atoms in total. The third kappa shape index (κ3) is 2.56. The zero-order chi connectivity index (χ0) is 15.6. The fraction of sp³-hybridized carbons (Fsp3) is 0.381. The van der Waals surface area contributed by atoms with Crippen LogP contribution in [0.1, 0.15) is 43.6 Å². The highest BCUT2D eigenvalue weighted by Gasteiger charge is 2.51. The van der Waals surface area contributed by atoms with Gasteiger partial charge in [0, 0.05) is 5.69 Å². The predicted octanol–water partition coefficient (Wildman–Crippen LogP) is 4.77. The molecule has 2 aromatic rings. The summed E-state index contributed by atoms with van der Waals surface area (Å²) in [5, 5.41) is 0. The summed E-state index contributed by atoms with van der Waals surface area (Å²) in [6, 6.07) is 20.9. The molecule has 0 N–H and O–H groups in total. The normalized spacial score (nSPS) is 25.2. The summed E-state index contributed by atoms with van der Waals surface area (Å²) in [4.78, 5) is 15.0. The van der Waals surface area contributed by atoms with Crippen LogP contribution >= 0.6 is 0 Å². The maximum absolute atomic E-state index is 12.9. The lowest BCUT2D eigenvalue weighted by Crippen LogP contribution is -2.63. The molecule has 2 aliphatic rings. The van der Waals surface area contributed by atoms with Crippen molar-refractivity contribution < 1.29 is 4.79 Å². The summed E-state index contributed by atoms with van der Waals surface area (Å²) < 4.78 is 0. The first kappa shape index (κ1) is 14.5. The third-order valence-electron chi connectivity index (χ3n) is 5.47. The average molecular weight is 305 g/mol. The summed E-state index contributed by atoms with van der Waals surface area (Å²) in [7, 11) is 0. The number of rotatable bonds is 3. The third-order valence-corrected chi connectivity index (χ3v) is 5.47. The second-order valence-corrected chi connectivity index (χ2v) is 6.82. The lowest BCUT2D eigenvalue weighted by Gasteiger charge is -2.52. The van der Waals surface area contributed by atoms with Crippen LogP contribution in [0.2, 0.25) is 0 Å². The zero-order valence-electron chi connectivity index (χ0n) is 13.4. The molecule has 2 aromatic carbocycles. The molecule has 4 rings (SSSR count). The van der Waals surface area contributed by atoms with Gasteiger partial charge in [0.05, 0.1) is 12.0 Å². The molecule has 0 unspecified atom stereocenters. The molecule has 2 fully saturated rings. The number of anilines is 1. The molecule has 1 aliphatic heterocycles. The smallest absolute Gasteiger partial charge is 0.236 e. The number of para-hydroxylation sites is 1. The van der Waals surface area contributed by atoms with Gasteiger partial charge in [-0.3, -0.25) is 4.79 Å². The molecule has 2 heteroatoms. The Hall–Kier alpha value is -2.09. The van der Waals surface area contributed by atoms with Crippen molar-refractivity contribution in [2.45, 2.75) is 44.1 Å². The molecule has 2 atom stereocenters. The number of carbonyl (C=O) groups is 1. The zero-order valence-corrected chi connectivity index (χ0v) is 13.4. The van der Waals surface area contributed by atoms with E-state index in [4.69, 9.17) is 0 Å². The van der Waals surface area contributed by atoms with Crippen molar-refractivity contribution in [1.29, 1.82) is 0 Å². The number of amides is 1. The van der Waals surface area contributed by atoms with Crippen LogP contribution in [-0.4, -0.2) is 11.9 Å². The second-order valence-electron chi connectivity index (χ2n) is 6.82. The summed E-state index contributed by atoms with van der Waals surface area (Å²) in [5.41, 5.74) is 2.24. The Morgan fingerprint density at radius 1 is 0.783 bits per heavy atom. The monoisotopic (exact) mass is 305 g/mol. The van der Waals surface area contributed by atoms with Crippen LogP contribution in [0.15, 0.2) is 60.7 Å². The molecule has 23 heavy (non-hydrogen) atoms. The van der Waals surface area contributed by atoms with Crippen molar-refractivity contribution in [3.8, 4) is 0 Å². The van der Waals surface area contributed by atoms with Gasteiger partial charge in [-0.15, -0.1) is 0 Å². The van der Waals surface area contributed by atoms with Gasteiger partial charge < -0.3 is 4.90 Å². The van der Waals surface area contributed by atoms with Crippen LogP contribution < -0.4 is 4.90 Å². The fourth-order valence-corrected chi connectivity index (χ4v) is 4.36. The van der Waals surface area contributed by atoms with Gasteiger partial charge >= 0.3 is 0 Å². The lowest BCUT2D eigenvalue weighted by atomic mass is 9.70. The number of β-lactam (4-membered cyclic amide) rings is 1. The molecular formula is C21H23NO. The minimum Gasteiger partial charge on any atom is -0.307 e. The average Bonchev–Trinajstić information content (AvgIpc) is 2.62. The predicted molar refractivity (Wildman–Crippen MR) is 93.5 cm³/mol. The lowest BCUT2D eigenvalue weighted by molar-refractivity contribution is -0.127. The van der Waals surface area contributed by atoms with Gasteiger partial charge in [-0.2, -0.15) is 0 Å². The number of benzene rings is 2. The van der Waals surface area contributed by atoms with E-state index in [1.165, 1.54) is 37.7 Å². The maximum Gasteiger partial charge on any atom is 0.236 e. The SMILES string of the molecule is O=C1[C@H](c2ccccc2)[C@H](C2CCCCC2)N1c1ccccc1. The molecule has 0 spiro atoms. The largest absolute Gasteiger partial charge is 0.307 e. The highest BCUT2D eigenvalue weighted by atomic mass is 16.2. The second kappa shape index (κ2) is 6.19. The summed E-state index contributed by atoms with van der Waals surface area (Å²) >= 11 is 0. The Kier molecular flexibility index (Phi) is 3.90. The van der Waals surface area contributed by atoms with Crippen LogP contribution in [0.5, 0.6) is 0 Å². The van der Waals surface area contributed by atoms with E-state index in [0.29, 0.717) is 12.0 Å².